The molecule has 4 aliphatic rings. The van der Waals surface area contributed by atoms with Gasteiger partial charge >= 0.3 is 0 Å². The monoisotopic (exact) mass is 444 g/mol. The average Bonchev–Trinajstić information content (AvgIpc) is 3.24. The molecule has 8 nitrogen and oxygen atoms in total. The quantitative estimate of drug-likeness (QED) is 0.736. The molecule has 0 saturated carbocycles. The van der Waals surface area contributed by atoms with Crippen LogP contribution in [-0.4, -0.2) is 67.1 Å². The summed E-state index contributed by atoms with van der Waals surface area (Å²) in [6, 6.07) is 10.2. The lowest BCUT2D eigenvalue weighted by molar-refractivity contribution is 0.0996. The highest BCUT2D eigenvalue weighted by Gasteiger charge is 2.40. The van der Waals surface area contributed by atoms with Crippen LogP contribution in [0.25, 0.3) is 0 Å². The van der Waals surface area contributed by atoms with E-state index in [1.165, 1.54) is 0 Å². The lowest BCUT2D eigenvalue weighted by Crippen LogP contribution is -2.59. The first-order valence-electron chi connectivity index (χ1n) is 12.2. The molecule has 2 N–H and O–H groups in total. The molecule has 0 bridgehead atoms. The third kappa shape index (κ3) is 4.34. The van der Waals surface area contributed by atoms with Crippen molar-refractivity contribution in [3.8, 4) is 12.1 Å². The minimum Gasteiger partial charge on any atom is -0.354 e. The van der Waals surface area contributed by atoms with Crippen LogP contribution in [0.4, 0.5) is 11.6 Å². The molecule has 8 heteroatoms. The number of nitrogens with one attached hydrogen (secondary N) is 2. The van der Waals surface area contributed by atoms with Crippen molar-refractivity contribution in [3.05, 3.63) is 29.3 Å². The number of piperidine rings is 1. The van der Waals surface area contributed by atoms with Crippen molar-refractivity contribution >= 4 is 17.5 Å². The van der Waals surface area contributed by atoms with Crippen LogP contribution in [-0.2, 0) is 5.41 Å². The Morgan fingerprint density at radius 2 is 2.00 bits per heavy atom. The Morgan fingerprint density at radius 3 is 2.64 bits per heavy atom. The van der Waals surface area contributed by atoms with Crippen molar-refractivity contribution < 1.29 is 0 Å². The van der Waals surface area contributed by atoms with Gasteiger partial charge in [0.05, 0.1) is 17.6 Å². The van der Waals surface area contributed by atoms with Crippen LogP contribution < -0.4 is 15.5 Å². The third-order valence-corrected chi connectivity index (χ3v) is 7.73. The van der Waals surface area contributed by atoms with E-state index in [-0.39, 0.29) is 0 Å². The first-order chi connectivity index (χ1) is 16.1. The number of anilines is 2. The number of nitriles is 2. The molecule has 0 radical (unpaired) electrons. The summed E-state index contributed by atoms with van der Waals surface area (Å²) in [7, 11) is 0. The number of nitrogens with zero attached hydrogens (tertiary/aromatic N) is 6. The van der Waals surface area contributed by atoms with E-state index in [0.717, 1.165) is 75.4 Å². The fourth-order valence-electron chi connectivity index (χ4n) is 5.42. The van der Waals surface area contributed by atoms with Crippen molar-refractivity contribution in [1.29, 1.82) is 10.5 Å². The lowest BCUT2D eigenvalue weighted by Gasteiger charge is -2.44. The molecular formula is C25H32N8. The SMILES string of the molecule is C[C@@H]1CCCN1c1cc(C2(C#N)CCN(C3CNC3)CC2)cc(NC2=NCCC(C#N)=C2)n1. The van der Waals surface area contributed by atoms with Crippen LogP contribution >= 0.6 is 0 Å². The summed E-state index contributed by atoms with van der Waals surface area (Å²) in [4.78, 5) is 14.4. The van der Waals surface area contributed by atoms with Gasteiger partial charge in [-0.2, -0.15) is 10.5 Å². The summed E-state index contributed by atoms with van der Waals surface area (Å²) in [5, 5.41) is 26.4. The maximum absolute atomic E-state index is 10.4. The molecule has 0 amide bonds. The number of likely N-dealkylation sites (tertiary alicyclic amines) is 1. The number of pyridine rings is 1. The largest absolute Gasteiger partial charge is 0.354 e. The Morgan fingerprint density at radius 1 is 1.18 bits per heavy atom. The number of amidine groups is 1. The summed E-state index contributed by atoms with van der Waals surface area (Å²) in [5.74, 6) is 2.30. The van der Waals surface area contributed by atoms with Gasteiger partial charge in [-0.25, -0.2) is 4.98 Å². The van der Waals surface area contributed by atoms with Gasteiger partial charge in [-0.15, -0.1) is 0 Å². The van der Waals surface area contributed by atoms with Gasteiger partial charge in [0, 0.05) is 63.3 Å². The highest BCUT2D eigenvalue weighted by atomic mass is 15.2. The number of hydrogen-bond acceptors (Lipinski definition) is 8. The van der Waals surface area contributed by atoms with Gasteiger partial charge in [-0.05, 0) is 56.4 Å². The number of hydrogen-bond donors (Lipinski definition) is 2. The molecule has 3 fully saturated rings. The molecule has 1 aromatic heterocycles. The Hall–Kier alpha value is -2.94. The molecule has 1 atom stereocenters. The average molecular weight is 445 g/mol. The molecule has 5 heterocycles. The van der Waals surface area contributed by atoms with Crippen LogP contribution in [0.1, 0.15) is 44.6 Å². The van der Waals surface area contributed by atoms with E-state index in [2.05, 4.69) is 50.6 Å². The van der Waals surface area contributed by atoms with Crippen molar-refractivity contribution in [2.75, 3.05) is 49.5 Å². The van der Waals surface area contributed by atoms with Gasteiger partial charge < -0.3 is 15.5 Å². The zero-order chi connectivity index (χ0) is 22.8. The Bertz CT molecular complexity index is 1030. The second kappa shape index (κ2) is 9.13. The summed E-state index contributed by atoms with van der Waals surface area (Å²) in [6.07, 6.45) is 6.46. The van der Waals surface area contributed by atoms with E-state index in [4.69, 9.17) is 4.98 Å². The molecular weight excluding hydrogens is 412 g/mol. The van der Waals surface area contributed by atoms with Gasteiger partial charge in [-0.3, -0.25) is 9.89 Å². The molecule has 33 heavy (non-hydrogen) atoms. The minimum absolute atomic E-state index is 0.434. The summed E-state index contributed by atoms with van der Waals surface area (Å²) < 4.78 is 0. The number of dihydropyridines is 1. The second-order valence-electron chi connectivity index (χ2n) is 9.75. The predicted octanol–water partition coefficient (Wildman–Crippen LogP) is 2.56. The van der Waals surface area contributed by atoms with Crippen molar-refractivity contribution in [2.45, 2.75) is 56.5 Å². The molecule has 3 saturated heterocycles. The van der Waals surface area contributed by atoms with Crippen molar-refractivity contribution in [1.82, 2.24) is 15.2 Å². The molecule has 1 aromatic rings. The summed E-state index contributed by atoms with van der Waals surface area (Å²) >= 11 is 0. The fraction of sp³-hybridized carbons (Fsp3) is 0.600. The van der Waals surface area contributed by atoms with Crippen LogP contribution in [0.5, 0.6) is 0 Å². The van der Waals surface area contributed by atoms with Gasteiger partial charge in [0.15, 0.2) is 0 Å². The minimum atomic E-state index is -0.507. The standard InChI is InChI=1S/C25H32N8/c1-18-3-2-8-33(18)24-13-20(12-23(31-24)30-22-11-19(14-26)4-7-29-22)25(17-27)5-9-32(10-6-25)21-15-28-16-21/h11-13,18,21,28H,2-10,15-16H2,1H3,(H,29,30,31)/t18-/m1/s1. The smallest absolute Gasteiger partial charge is 0.134 e. The Labute approximate surface area is 196 Å². The molecule has 0 unspecified atom stereocenters. The zero-order valence-corrected chi connectivity index (χ0v) is 19.3. The summed E-state index contributed by atoms with van der Waals surface area (Å²) in [6.45, 7) is 7.83. The number of aliphatic imine (C=N–C) groups is 1. The van der Waals surface area contributed by atoms with E-state index in [0.29, 0.717) is 36.7 Å². The molecule has 5 rings (SSSR count). The van der Waals surface area contributed by atoms with E-state index in [1.807, 2.05) is 6.07 Å². The van der Waals surface area contributed by atoms with Crippen LogP contribution in [0.2, 0.25) is 0 Å². The molecule has 0 aromatic carbocycles. The highest BCUT2D eigenvalue weighted by Crippen LogP contribution is 2.39. The fourth-order valence-corrected chi connectivity index (χ4v) is 5.42. The van der Waals surface area contributed by atoms with Gasteiger partial charge in [-0.1, -0.05) is 0 Å². The molecule has 0 spiro atoms. The van der Waals surface area contributed by atoms with Gasteiger partial charge in [0.1, 0.15) is 17.5 Å². The highest BCUT2D eigenvalue weighted by molar-refractivity contribution is 6.04. The first-order valence-corrected chi connectivity index (χ1v) is 12.2. The van der Waals surface area contributed by atoms with E-state index >= 15 is 0 Å². The van der Waals surface area contributed by atoms with E-state index < -0.39 is 5.41 Å². The summed E-state index contributed by atoms with van der Waals surface area (Å²) in [5.41, 5.74) is 1.26. The first kappa shape index (κ1) is 21.9. The van der Waals surface area contributed by atoms with Crippen molar-refractivity contribution in [3.63, 3.8) is 0 Å². The number of rotatable bonds is 4. The third-order valence-electron chi connectivity index (χ3n) is 7.73. The second-order valence-corrected chi connectivity index (χ2v) is 9.75. The Balaban J connectivity index is 1.46. The Kier molecular flexibility index (Phi) is 6.05. The maximum atomic E-state index is 10.4. The van der Waals surface area contributed by atoms with Crippen LogP contribution in [0.15, 0.2) is 28.8 Å². The normalized spacial score (nSPS) is 25.4. The van der Waals surface area contributed by atoms with Crippen LogP contribution in [0, 0.1) is 22.7 Å². The van der Waals surface area contributed by atoms with Crippen LogP contribution in [0.3, 0.4) is 0 Å². The molecule has 0 aliphatic carbocycles. The van der Waals surface area contributed by atoms with Crippen molar-refractivity contribution in [2.24, 2.45) is 4.99 Å². The lowest BCUT2D eigenvalue weighted by atomic mass is 9.73. The predicted molar refractivity (Wildman–Crippen MR) is 129 cm³/mol. The van der Waals surface area contributed by atoms with Gasteiger partial charge in [0.25, 0.3) is 0 Å². The number of aromatic nitrogens is 1. The molecule has 172 valence electrons. The molecule has 4 aliphatic heterocycles. The zero-order valence-electron chi connectivity index (χ0n) is 19.3. The van der Waals surface area contributed by atoms with E-state index in [1.54, 1.807) is 6.08 Å². The van der Waals surface area contributed by atoms with E-state index in [9.17, 15) is 10.5 Å². The topological polar surface area (TPSA) is 103 Å². The van der Waals surface area contributed by atoms with Gasteiger partial charge in [0.2, 0.25) is 0 Å². The maximum Gasteiger partial charge on any atom is 0.134 e.